The molecule has 0 bridgehead atoms. The van der Waals surface area contributed by atoms with Gasteiger partial charge in [0, 0.05) is 5.56 Å². The zero-order valence-electron chi connectivity index (χ0n) is 7.38. The summed E-state index contributed by atoms with van der Waals surface area (Å²) in [4.78, 5) is 4.06. The standard InChI is InChI=1S/C9H5Cl3N2O/c10-4-8-13-9(15-14-8)5-1-2-6(11)7(12)3-5/h1-3H,4H2. The molecular formula is C9H5Cl3N2O. The minimum atomic E-state index is 0.213. The van der Waals surface area contributed by atoms with Crippen LogP contribution in [0.1, 0.15) is 5.82 Å². The Hall–Kier alpha value is -0.770. The van der Waals surface area contributed by atoms with E-state index in [1.54, 1.807) is 18.2 Å². The normalized spacial score (nSPS) is 10.6. The highest BCUT2D eigenvalue weighted by Crippen LogP contribution is 2.27. The molecule has 15 heavy (non-hydrogen) atoms. The Balaban J connectivity index is 2.40. The number of aromatic nitrogens is 2. The molecule has 0 saturated heterocycles. The Morgan fingerprint density at radius 3 is 2.60 bits per heavy atom. The van der Waals surface area contributed by atoms with Gasteiger partial charge in [0.25, 0.3) is 5.89 Å². The van der Waals surface area contributed by atoms with Gasteiger partial charge in [-0.15, -0.1) is 11.6 Å². The molecule has 0 atom stereocenters. The summed E-state index contributed by atoms with van der Waals surface area (Å²) >= 11 is 17.2. The van der Waals surface area contributed by atoms with E-state index in [0.29, 0.717) is 27.3 Å². The third-order valence-electron chi connectivity index (χ3n) is 1.75. The molecule has 0 saturated carbocycles. The number of halogens is 3. The molecule has 1 heterocycles. The first-order chi connectivity index (χ1) is 7.20. The van der Waals surface area contributed by atoms with E-state index < -0.39 is 0 Å². The molecule has 0 aliphatic heterocycles. The summed E-state index contributed by atoms with van der Waals surface area (Å²) in [6.45, 7) is 0. The molecule has 1 aromatic carbocycles. The van der Waals surface area contributed by atoms with Crippen molar-refractivity contribution in [3.63, 3.8) is 0 Å². The van der Waals surface area contributed by atoms with Gasteiger partial charge in [-0.1, -0.05) is 28.4 Å². The maximum absolute atomic E-state index is 5.86. The van der Waals surface area contributed by atoms with Gasteiger partial charge in [-0.25, -0.2) is 0 Å². The van der Waals surface area contributed by atoms with E-state index in [1.807, 2.05) is 0 Å². The lowest BCUT2D eigenvalue weighted by Gasteiger charge is -1.97. The van der Waals surface area contributed by atoms with Crippen molar-refractivity contribution in [3.05, 3.63) is 34.1 Å². The monoisotopic (exact) mass is 262 g/mol. The SMILES string of the molecule is ClCc1noc(-c2ccc(Cl)c(Cl)c2)n1. The van der Waals surface area contributed by atoms with Crippen molar-refractivity contribution in [3.8, 4) is 11.5 Å². The first-order valence-corrected chi connectivity index (χ1v) is 5.33. The molecule has 0 aliphatic carbocycles. The van der Waals surface area contributed by atoms with E-state index in [4.69, 9.17) is 39.3 Å². The van der Waals surface area contributed by atoms with E-state index >= 15 is 0 Å². The maximum Gasteiger partial charge on any atom is 0.258 e. The molecule has 2 rings (SSSR count). The molecule has 6 heteroatoms. The van der Waals surface area contributed by atoms with Crippen LogP contribution in [-0.2, 0) is 5.88 Å². The smallest absolute Gasteiger partial charge is 0.258 e. The Morgan fingerprint density at radius 2 is 2.00 bits per heavy atom. The lowest BCUT2D eigenvalue weighted by Crippen LogP contribution is -1.81. The Bertz CT molecular complexity index is 484. The summed E-state index contributed by atoms with van der Waals surface area (Å²) in [7, 11) is 0. The molecule has 0 aliphatic rings. The minimum absolute atomic E-state index is 0.213. The van der Waals surface area contributed by atoms with Gasteiger partial charge in [-0.05, 0) is 18.2 Å². The molecule has 1 aromatic heterocycles. The number of hydrogen-bond acceptors (Lipinski definition) is 3. The Labute approximate surface area is 101 Å². The van der Waals surface area contributed by atoms with Crippen LogP contribution in [0.15, 0.2) is 22.7 Å². The lowest BCUT2D eigenvalue weighted by molar-refractivity contribution is 0.425. The number of nitrogens with zero attached hydrogens (tertiary/aromatic N) is 2. The molecule has 0 amide bonds. The lowest BCUT2D eigenvalue weighted by atomic mass is 10.2. The van der Waals surface area contributed by atoms with Crippen molar-refractivity contribution < 1.29 is 4.52 Å². The predicted octanol–water partition coefficient (Wildman–Crippen LogP) is 3.78. The van der Waals surface area contributed by atoms with Crippen molar-refractivity contribution in [2.24, 2.45) is 0 Å². The van der Waals surface area contributed by atoms with Crippen LogP contribution in [0.5, 0.6) is 0 Å². The van der Waals surface area contributed by atoms with Crippen LogP contribution in [0.4, 0.5) is 0 Å². The van der Waals surface area contributed by atoms with Gasteiger partial charge < -0.3 is 4.52 Å². The van der Waals surface area contributed by atoms with E-state index in [2.05, 4.69) is 10.1 Å². The largest absolute Gasteiger partial charge is 0.334 e. The summed E-state index contributed by atoms with van der Waals surface area (Å²) in [5.41, 5.74) is 0.716. The van der Waals surface area contributed by atoms with Crippen molar-refractivity contribution in [1.82, 2.24) is 10.1 Å². The molecule has 3 nitrogen and oxygen atoms in total. The molecule has 0 N–H and O–H groups in total. The van der Waals surface area contributed by atoms with Gasteiger partial charge in [0.1, 0.15) is 0 Å². The fraction of sp³-hybridized carbons (Fsp3) is 0.111. The number of benzene rings is 1. The van der Waals surface area contributed by atoms with Gasteiger partial charge >= 0.3 is 0 Å². The first kappa shape index (κ1) is 10.7. The minimum Gasteiger partial charge on any atom is -0.334 e. The van der Waals surface area contributed by atoms with E-state index in [9.17, 15) is 0 Å². The molecular weight excluding hydrogens is 258 g/mol. The van der Waals surface area contributed by atoms with Gasteiger partial charge in [0.15, 0.2) is 5.82 Å². The molecule has 0 unspecified atom stereocenters. The van der Waals surface area contributed by atoms with Gasteiger partial charge in [0.2, 0.25) is 0 Å². The van der Waals surface area contributed by atoms with E-state index in [0.717, 1.165) is 0 Å². The first-order valence-electron chi connectivity index (χ1n) is 4.04. The van der Waals surface area contributed by atoms with E-state index in [1.165, 1.54) is 0 Å². The topological polar surface area (TPSA) is 38.9 Å². The van der Waals surface area contributed by atoms with Crippen LogP contribution in [0.3, 0.4) is 0 Å². The van der Waals surface area contributed by atoms with Crippen molar-refractivity contribution >= 4 is 34.8 Å². The summed E-state index contributed by atoms with van der Waals surface area (Å²) in [6.07, 6.45) is 0. The highest BCUT2D eigenvalue weighted by molar-refractivity contribution is 6.42. The summed E-state index contributed by atoms with van der Waals surface area (Å²) in [5, 5.41) is 4.60. The third-order valence-corrected chi connectivity index (χ3v) is 2.73. The highest BCUT2D eigenvalue weighted by Gasteiger charge is 2.09. The number of alkyl halides is 1. The molecule has 0 fully saturated rings. The predicted molar refractivity (Wildman–Crippen MR) is 59.3 cm³/mol. The summed E-state index contributed by atoms with van der Waals surface area (Å²) in [6, 6.07) is 5.08. The molecule has 2 aromatic rings. The Kier molecular flexibility index (Phi) is 3.14. The van der Waals surface area contributed by atoms with Crippen LogP contribution >= 0.6 is 34.8 Å². The summed E-state index contributed by atoms with van der Waals surface area (Å²) in [5.74, 6) is 1.03. The van der Waals surface area contributed by atoms with Gasteiger partial charge in [0.05, 0.1) is 15.9 Å². The average Bonchev–Trinajstić information content (AvgIpc) is 2.70. The zero-order chi connectivity index (χ0) is 10.8. The van der Waals surface area contributed by atoms with Gasteiger partial charge in [-0.2, -0.15) is 4.98 Å². The van der Waals surface area contributed by atoms with E-state index in [-0.39, 0.29) is 5.88 Å². The molecule has 0 radical (unpaired) electrons. The van der Waals surface area contributed by atoms with Crippen LogP contribution in [-0.4, -0.2) is 10.1 Å². The highest BCUT2D eigenvalue weighted by atomic mass is 35.5. The number of hydrogen-bond donors (Lipinski definition) is 0. The van der Waals surface area contributed by atoms with Gasteiger partial charge in [-0.3, -0.25) is 0 Å². The maximum atomic E-state index is 5.86. The van der Waals surface area contributed by atoms with Crippen LogP contribution in [0, 0.1) is 0 Å². The fourth-order valence-electron chi connectivity index (χ4n) is 1.05. The second kappa shape index (κ2) is 4.39. The number of rotatable bonds is 2. The summed E-state index contributed by atoms with van der Waals surface area (Å²) < 4.78 is 4.99. The zero-order valence-corrected chi connectivity index (χ0v) is 9.64. The molecule has 78 valence electrons. The van der Waals surface area contributed by atoms with Crippen molar-refractivity contribution in [1.29, 1.82) is 0 Å². The quantitative estimate of drug-likeness (QED) is 0.774. The average molecular weight is 264 g/mol. The third kappa shape index (κ3) is 2.25. The Morgan fingerprint density at radius 1 is 1.20 bits per heavy atom. The van der Waals surface area contributed by atoms with Crippen LogP contribution < -0.4 is 0 Å². The van der Waals surface area contributed by atoms with Crippen LogP contribution in [0.25, 0.3) is 11.5 Å². The second-order valence-corrected chi connectivity index (χ2v) is 3.86. The van der Waals surface area contributed by atoms with Crippen molar-refractivity contribution in [2.75, 3.05) is 0 Å². The molecule has 0 spiro atoms. The second-order valence-electron chi connectivity index (χ2n) is 2.78. The van der Waals surface area contributed by atoms with Crippen molar-refractivity contribution in [2.45, 2.75) is 5.88 Å². The van der Waals surface area contributed by atoms with Crippen LogP contribution in [0.2, 0.25) is 10.0 Å². The fourth-order valence-corrected chi connectivity index (χ4v) is 1.46.